The third-order valence-electron chi connectivity index (χ3n) is 2.18. The van der Waals surface area contributed by atoms with Crippen molar-refractivity contribution in [3.05, 3.63) is 11.7 Å². The number of aryl methyl sites for hydroxylation is 1. The highest BCUT2D eigenvalue weighted by Gasteiger charge is 2.13. The van der Waals surface area contributed by atoms with Gasteiger partial charge in [0.05, 0.1) is 6.04 Å². The maximum atomic E-state index is 11.6. The van der Waals surface area contributed by atoms with E-state index >= 15 is 0 Å². The molecule has 0 radical (unpaired) electrons. The van der Waals surface area contributed by atoms with Gasteiger partial charge in [-0.15, -0.1) is 0 Å². The third kappa shape index (κ3) is 4.95. The highest BCUT2D eigenvalue weighted by molar-refractivity contribution is 5.81. The molecule has 6 nitrogen and oxygen atoms in total. The van der Waals surface area contributed by atoms with Crippen molar-refractivity contribution in [1.29, 1.82) is 0 Å². The number of carbonyl (C=O) groups is 1. The Morgan fingerprint density at radius 1 is 1.41 bits per heavy atom. The van der Waals surface area contributed by atoms with Crippen molar-refractivity contribution in [2.45, 2.75) is 46.2 Å². The molecule has 1 heterocycles. The first-order valence-corrected chi connectivity index (χ1v) is 5.82. The lowest BCUT2D eigenvalue weighted by molar-refractivity contribution is -0.123. The summed E-state index contributed by atoms with van der Waals surface area (Å²) in [5, 5.41) is 9.64. The van der Waals surface area contributed by atoms with Crippen LogP contribution in [0.25, 0.3) is 0 Å². The Hall–Kier alpha value is -1.43. The topological polar surface area (TPSA) is 80.0 Å². The van der Waals surface area contributed by atoms with E-state index in [1.807, 2.05) is 20.8 Å². The largest absolute Gasteiger partial charge is 0.353 e. The zero-order chi connectivity index (χ0) is 12.8. The van der Waals surface area contributed by atoms with Crippen molar-refractivity contribution in [2.75, 3.05) is 6.54 Å². The fraction of sp³-hybridized carbons (Fsp3) is 0.727. The molecule has 17 heavy (non-hydrogen) atoms. The van der Waals surface area contributed by atoms with Crippen LogP contribution in [0.1, 0.15) is 32.5 Å². The second-order valence-corrected chi connectivity index (χ2v) is 4.32. The van der Waals surface area contributed by atoms with E-state index < -0.39 is 0 Å². The molecule has 6 heteroatoms. The Kier molecular flexibility index (Phi) is 5.09. The summed E-state index contributed by atoms with van der Waals surface area (Å²) in [6.07, 6.45) is 0.625. The van der Waals surface area contributed by atoms with Gasteiger partial charge in [0.15, 0.2) is 5.82 Å². The van der Waals surface area contributed by atoms with Crippen LogP contribution in [0.5, 0.6) is 0 Å². The fourth-order valence-corrected chi connectivity index (χ4v) is 1.34. The zero-order valence-electron chi connectivity index (χ0n) is 10.8. The van der Waals surface area contributed by atoms with E-state index in [4.69, 9.17) is 4.52 Å². The summed E-state index contributed by atoms with van der Waals surface area (Å²) in [5.74, 6) is 1.22. The van der Waals surface area contributed by atoms with Crippen molar-refractivity contribution in [3.63, 3.8) is 0 Å². The van der Waals surface area contributed by atoms with Crippen LogP contribution >= 0.6 is 0 Å². The summed E-state index contributed by atoms with van der Waals surface area (Å²) in [4.78, 5) is 15.7. The van der Waals surface area contributed by atoms with E-state index in [0.29, 0.717) is 24.7 Å². The molecule has 1 unspecified atom stereocenters. The molecule has 0 aliphatic heterocycles. The molecule has 0 bridgehead atoms. The lowest BCUT2D eigenvalue weighted by Gasteiger charge is -2.15. The molecule has 1 aromatic heterocycles. The zero-order valence-corrected chi connectivity index (χ0v) is 10.8. The summed E-state index contributed by atoms with van der Waals surface area (Å²) in [7, 11) is 0. The number of amides is 1. The molecule has 0 aliphatic carbocycles. The number of aromatic nitrogens is 2. The Morgan fingerprint density at radius 2 is 2.12 bits per heavy atom. The average molecular weight is 240 g/mol. The molecular weight excluding hydrogens is 220 g/mol. The Morgan fingerprint density at radius 3 is 2.65 bits per heavy atom. The number of carbonyl (C=O) groups excluding carboxylic acids is 1. The summed E-state index contributed by atoms with van der Waals surface area (Å²) in [5.41, 5.74) is 0. The molecule has 0 aliphatic rings. The normalized spacial score (nSPS) is 12.8. The number of hydrogen-bond donors (Lipinski definition) is 2. The van der Waals surface area contributed by atoms with E-state index in [2.05, 4.69) is 20.8 Å². The van der Waals surface area contributed by atoms with Gasteiger partial charge in [-0.3, -0.25) is 4.79 Å². The van der Waals surface area contributed by atoms with Crippen LogP contribution in [-0.4, -0.2) is 34.7 Å². The minimum absolute atomic E-state index is 0.00158. The molecule has 96 valence electrons. The van der Waals surface area contributed by atoms with Gasteiger partial charge in [-0.2, -0.15) is 4.98 Å². The van der Waals surface area contributed by atoms with E-state index in [1.54, 1.807) is 6.92 Å². The summed E-state index contributed by atoms with van der Waals surface area (Å²) in [6.45, 7) is 8.11. The van der Waals surface area contributed by atoms with E-state index in [1.165, 1.54) is 0 Å². The van der Waals surface area contributed by atoms with Crippen LogP contribution in [0.4, 0.5) is 0 Å². The molecule has 0 saturated carbocycles. The SMILES string of the molecule is Cc1noc(CCNC(C)C(=O)NC(C)C)n1. The Balaban J connectivity index is 2.24. The second kappa shape index (κ2) is 6.34. The second-order valence-electron chi connectivity index (χ2n) is 4.32. The highest BCUT2D eigenvalue weighted by atomic mass is 16.5. The van der Waals surface area contributed by atoms with E-state index in [0.717, 1.165) is 0 Å². The van der Waals surface area contributed by atoms with Crippen molar-refractivity contribution in [1.82, 2.24) is 20.8 Å². The summed E-state index contributed by atoms with van der Waals surface area (Å²) < 4.78 is 4.97. The molecule has 2 N–H and O–H groups in total. The first kappa shape index (κ1) is 13.6. The van der Waals surface area contributed by atoms with Crippen LogP contribution < -0.4 is 10.6 Å². The van der Waals surface area contributed by atoms with Gasteiger partial charge in [0, 0.05) is 19.0 Å². The fourth-order valence-electron chi connectivity index (χ4n) is 1.34. The van der Waals surface area contributed by atoms with Crippen LogP contribution in [0.15, 0.2) is 4.52 Å². The molecular formula is C11H20N4O2. The lowest BCUT2D eigenvalue weighted by Crippen LogP contribution is -2.45. The number of hydrogen-bond acceptors (Lipinski definition) is 5. The number of nitrogens with zero attached hydrogens (tertiary/aromatic N) is 2. The first-order valence-electron chi connectivity index (χ1n) is 5.82. The minimum atomic E-state index is -0.221. The molecule has 1 atom stereocenters. The predicted octanol–water partition coefficient (Wildman–Crippen LogP) is 0.423. The van der Waals surface area contributed by atoms with Crippen molar-refractivity contribution in [2.24, 2.45) is 0 Å². The van der Waals surface area contributed by atoms with E-state index in [9.17, 15) is 4.79 Å². The van der Waals surface area contributed by atoms with Gasteiger partial charge in [-0.05, 0) is 27.7 Å². The number of nitrogens with one attached hydrogen (secondary N) is 2. The Labute approximate surface area is 101 Å². The Bertz CT molecular complexity index is 362. The molecule has 0 spiro atoms. The molecule has 1 amide bonds. The standard InChI is InChI=1S/C11H20N4O2/c1-7(2)13-11(16)8(3)12-6-5-10-14-9(4)15-17-10/h7-8,12H,5-6H2,1-4H3,(H,13,16). The average Bonchev–Trinajstić information content (AvgIpc) is 2.63. The van der Waals surface area contributed by atoms with Crippen LogP contribution in [-0.2, 0) is 11.2 Å². The predicted molar refractivity (Wildman–Crippen MR) is 63.5 cm³/mol. The van der Waals surface area contributed by atoms with E-state index in [-0.39, 0.29) is 18.0 Å². The van der Waals surface area contributed by atoms with Crippen molar-refractivity contribution >= 4 is 5.91 Å². The van der Waals surface area contributed by atoms with Gasteiger partial charge in [0.1, 0.15) is 0 Å². The molecule has 1 aromatic rings. The maximum Gasteiger partial charge on any atom is 0.237 e. The monoisotopic (exact) mass is 240 g/mol. The minimum Gasteiger partial charge on any atom is -0.353 e. The quantitative estimate of drug-likeness (QED) is 0.753. The lowest BCUT2D eigenvalue weighted by atomic mass is 10.2. The third-order valence-corrected chi connectivity index (χ3v) is 2.18. The van der Waals surface area contributed by atoms with Gasteiger partial charge in [-0.25, -0.2) is 0 Å². The maximum absolute atomic E-state index is 11.6. The van der Waals surface area contributed by atoms with Gasteiger partial charge in [0.2, 0.25) is 11.8 Å². The summed E-state index contributed by atoms with van der Waals surface area (Å²) >= 11 is 0. The van der Waals surface area contributed by atoms with Gasteiger partial charge >= 0.3 is 0 Å². The van der Waals surface area contributed by atoms with Crippen LogP contribution in [0.2, 0.25) is 0 Å². The van der Waals surface area contributed by atoms with Crippen molar-refractivity contribution in [3.8, 4) is 0 Å². The van der Waals surface area contributed by atoms with Crippen molar-refractivity contribution < 1.29 is 9.32 Å². The van der Waals surface area contributed by atoms with Crippen LogP contribution in [0.3, 0.4) is 0 Å². The molecule has 0 aromatic carbocycles. The first-order chi connectivity index (χ1) is 7.99. The number of rotatable bonds is 6. The molecule has 0 saturated heterocycles. The highest BCUT2D eigenvalue weighted by Crippen LogP contribution is 1.96. The van der Waals surface area contributed by atoms with Gasteiger partial charge < -0.3 is 15.2 Å². The summed E-state index contributed by atoms with van der Waals surface area (Å²) in [6, 6.07) is -0.0632. The van der Waals surface area contributed by atoms with Gasteiger partial charge in [0.25, 0.3) is 0 Å². The smallest absolute Gasteiger partial charge is 0.237 e. The molecule has 0 fully saturated rings. The molecule has 1 rings (SSSR count). The van der Waals surface area contributed by atoms with Gasteiger partial charge in [-0.1, -0.05) is 5.16 Å². The van der Waals surface area contributed by atoms with Crippen LogP contribution in [0, 0.1) is 6.92 Å².